The van der Waals surface area contributed by atoms with Gasteiger partial charge in [0, 0.05) is 0 Å². The molecule has 0 heterocycles. The van der Waals surface area contributed by atoms with Crippen LogP contribution in [0.15, 0.2) is 18.2 Å². The molecule has 6 heteroatoms. The second kappa shape index (κ2) is 5.27. The molecule has 0 spiro atoms. The van der Waals surface area contributed by atoms with Gasteiger partial charge in [-0.1, -0.05) is 17.7 Å². The minimum atomic E-state index is -1.22. The first-order valence-electron chi connectivity index (χ1n) is 5.13. The molecule has 0 aliphatic carbocycles. The third-order valence-electron chi connectivity index (χ3n) is 2.36. The van der Waals surface area contributed by atoms with Gasteiger partial charge >= 0.3 is 11.9 Å². The van der Waals surface area contributed by atoms with E-state index in [0.29, 0.717) is 0 Å². The fraction of sp³-hybridized carbons (Fsp3) is 0.333. The molecule has 0 amide bonds. The molecule has 0 saturated heterocycles. The van der Waals surface area contributed by atoms with E-state index in [1.54, 1.807) is 0 Å². The Labute approximate surface area is 109 Å². The Morgan fingerprint density at radius 2 is 1.94 bits per heavy atom. The molecular weight excluding hydrogens is 260 g/mol. The molecular formula is C12H13ClO5. The van der Waals surface area contributed by atoms with Crippen molar-refractivity contribution in [1.82, 2.24) is 0 Å². The summed E-state index contributed by atoms with van der Waals surface area (Å²) >= 11 is 5.76. The maximum Gasteiger partial charge on any atom is 0.341 e. The van der Waals surface area contributed by atoms with Gasteiger partial charge in [-0.2, -0.15) is 0 Å². The number of aromatic carboxylic acids is 1. The maximum absolute atomic E-state index is 11.0. The summed E-state index contributed by atoms with van der Waals surface area (Å²) in [6.07, 6.45) is 0. The smallest absolute Gasteiger partial charge is 0.341 e. The minimum absolute atomic E-state index is 0.0492. The van der Waals surface area contributed by atoms with Gasteiger partial charge in [0.25, 0.3) is 0 Å². The van der Waals surface area contributed by atoms with E-state index >= 15 is 0 Å². The molecule has 0 aliphatic rings. The van der Waals surface area contributed by atoms with Gasteiger partial charge in [0.05, 0.1) is 10.4 Å². The summed E-state index contributed by atoms with van der Waals surface area (Å²) in [5.74, 6) is -2.19. The molecule has 5 nitrogen and oxygen atoms in total. The van der Waals surface area contributed by atoms with E-state index in [2.05, 4.69) is 0 Å². The first kappa shape index (κ1) is 14.3. The lowest BCUT2D eigenvalue weighted by Crippen LogP contribution is -2.31. The highest BCUT2D eigenvalue weighted by Gasteiger charge is 2.29. The molecule has 0 radical (unpaired) electrons. The normalized spacial score (nSPS) is 11.1. The van der Waals surface area contributed by atoms with Crippen LogP contribution in [0.5, 0.6) is 5.75 Å². The Hall–Kier alpha value is -1.75. The Morgan fingerprint density at radius 1 is 1.33 bits per heavy atom. The molecule has 1 aromatic rings. The molecule has 1 aromatic carbocycles. The molecule has 0 bridgehead atoms. The third kappa shape index (κ3) is 3.13. The maximum atomic E-state index is 11.0. The number of aliphatic carboxylic acids is 1. The van der Waals surface area contributed by atoms with Gasteiger partial charge in [0.2, 0.25) is 0 Å². The van der Waals surface area contributed by atoms with Crippen molar-refractivity contribution in [3.8, 4) is 5.75 Å². The molecule has 0 saturated carbocycles. The Bertz CT molecular complexity index is 481. The second-order valence-electron chi connectivity index (χ2n) is 4.40. The van der Waals surface area contributed by atoms with Crippen LogP contribution < -0.4 is 4.74 Å². The average Bonchev–Trinajstić information content (AvgIpc) is 2.25. The Morgan fingerprint density at radius 3 is 2.44 bits per heavy atom. The zero-order chi connectivity index (χ0) is 13.9. The van der Waals surface area contributed by atoms with Crippen molar-refractivity contribution >= 4 is 23.5 Å². The number of halogens is 1. The number of hydrogen-bond acceptors (Lipinski definition) is 3. The number of rotatable bonds is 5. The van der Waals surface area contributed by atoms with E-state index in [9.17, 15) is 9.59 Å². The molecule has 0 atom stereocenters. The zero-order valence-electron chi connectivity index (χ0n) is 9.94. The molecule has 2 N–H and O–H groups in total. The highest BCUT2D eigenvalue weighted by atomic mass is 35.5. The summed E-state index contributed by atoms with van der Waals surface area (Å²) in [5, 5.41) is 18.0. The van der Waals surface area contributed by atoms with E-state index in [1.165, 1.54) is 32.0 Å². The van der Waals surface area contributed by atoms with Crippen molar-refractivity contribution in [3.63, 3.8) is 0 Å². The summed E-state index contributed by atoms with van der Waals surface area (Å²) < 4.78 is 5.26. The van der Waals surface area contributed by atoms with E-state index in [4.69, 9.17) is 26.6 Å². The standard InChI is InChI=1S/C12H13ClO5/c1-12(2,11(16)17)6-18-8-5-3-4-7(13)9(8)10(14)15/h3-5H,6H2,1-2H3,(H,14,15)(H,16,17). The largest absolute Gasteiger partial charge is 0.491 e. The van der Waals surface area contributed by atoms with Crippen molar-refractivity contribution in [2.24, 2.45) is 5.41 Å². The predicted octanol–water partition coefficient (Wildman–Crippen LogP) is 2.53. The van der Waals surface area contributed by atoms with Gasteiger partial charge in [-0.3, -0.25) is 4.79 Å². The summed E-state index contributed by atoms with van der Waals surface area (Å²) in [5.41, 5.74) is -1.28. The van der Waals surface area contributed by atoms with Crippen LogP contribution in [-0.2, 0) is 4.79 Å². The SMILES string of the molecule is CC(C)(COc1cccc(Cl)c1C(=O)O)C(=O)O. The van der Waals surface area contributed by atoms with Gasteiger partial charge < -0.3 is 14.9 Å². The minimum Gasteiger partial charge on any atom is -0.491 e. The van der Waals surface area contributed by atoms with Crippen molar-refractivity contribution in [2.75, 3.05) is 6.61 Å². The lowest BCUT2D eigenvalue weighted by molar-refractivity contribution is -0.148. The summed E-state index contributed by atoms with van der Waals surface area (Å²) in [7, 11) is 0. The molecule has 0 fully saturated rings. The zero-order valence-corrected chi connectivity index (χ0v) is 10.7. The van der Waals surface area contributed by atoms with Crippen LogP contribution >= 0.6 is 11.6 Å². The van der Waals surface area contributed by atoms with Gasteiger partial charge in [0.1, 0.15) is 17.9 Å². The van der Waals surface area contributed by atoms with E-state index in [-0.39, 0.29) is 22.9 Å². The van der Waals surface area contributed by atoms with Crippen molar-refractivity contribution in [3.05, 3.63) is 28.8 Å². The van der Waals surface area contributed by atoms with Crippen LogP contribution in [0.4, 0.5) is 0 Å². The fourth-order valence-corrected chi connectivity index (χ4v) is 1.40. The van der Waals surface area contributed by atoms with Crippen LogP contribution in [-0.4, -0.2) is 28.8 Å². The first-order chi connectivity index (χ1) is 8.25. The quantitative estimate of drug-likeness (QED) is 0.860. The second-order valence-corrected chi connectivity index (χ2v) is 4.80. The van der Waals surface area contributed by atoms with Crippen LogP contribution in [0, 0.1) is 5.41 Å². The third-order valence-corrected chi connectivity index (χ3v) is 2.67. The van der Waals surface area contributed by atoms with Crippen LogP contribution in [0.2, 0.25) is 5.02 Å². The van der Waals surface area contributed by atoms with Crippen LogP contribution in [0.25, 0.3) is 0 Å². The van der Waals surface area contributed by atoms with Crippen molar-refractivity contribution in [1.29, 1.82) is 0 Å². The number of hydrogen-bond donors (Lipinski definition) is 2. The number of carbonyl (C=O) groups is 2. The topological polar surface area (TPSA) is 83.8 Å². The summed E-state index contributed by atoms with van der Waals surface area (Å²) in [6, 6.07) is 4.41. The van der Waals surface area contributed by atoms with Crippen LogP contribution in [0.1, 0.15) is 24.2 Å². The summed E-state index contributed by atoms with van der Waals surface area (Å²) in [4.78, 5) is 21.9. The number of benzene rings is 1. The lowest BCUT2D eigenvalue weighted by atomic mass is 9.95. The van der Waals surface area contributed by atoms with Crippen LogP contribution in [0.3, 0.4) is 0 Å². The van der Waals surface area contributed by atoms with Gasteiger partial charge in [-0.15, -0.1) is 0 Å². The van der Waals surface area contributed by atoms with Gasteiger partial charge in [-0.05, 0) is 26.0 Å². The molecule has 0 unspecified atom stereocenters. The lowest BCUT2D eigenvalue weighted by Gasteiger charge is -2.20. The number of ether oxygens (including phenoxy) is 1. The van der Waals surface area contributed by atoms with E-state index in [1.807, 2.05) is 0 Å². The Kier molecular flexibility index (Phi) is 4.19. The molecule has 0 aliphatic heterocycles. The highest BCUT2D eigenvalue weighted by molar-refractivity contribution is 6.33. The number of carboxylic acid groups (broad SMARTS) is 2. The molecule has 1 rings (SSSR count). The molecule has 0 aromatic heterocycles. The first-order valence-corrected chi connectivity index (χ1v) is 5.51. The number of carboxylic acids is 2. The van der Waals surface area contributed by atoms with Gasteiger partial charge in [0.15, 0.2) is 0 Å². The van der Waals surface area contributed by atoms with E-state index < -0.39 is 17.4 Å². The Balaban J connectivity index is 2.96. The predicted molar refractivity (Wildman–Crippen MR) is 65.3 cm³/mol. The van der Waals surface area contributed by atoms with Gasteiger partial charge in [-0.25, -0.2) is 4.79 Å². The monoisotopic (exact) mass is 272 g/mol. The summed E-state index contributed by atoms with van der Waals surface area (Å²) in [6.45, 7) is 2.82. The van der Waals surface area contributed by atoms with Crippen molar-refractivity contribution < 1.29 is 24.5 Å². The molecule has 98 valence electrons. The van der Waals surface area contributed by atoms with Crippen molar-refractivity contribution in [2.45, 2.75) is 13.8 Å². The molecule has 18 heavy (non-hydrogen) atoms. The highest BCUT2D eigenvalue weighted by Crippen LogP contribution is 2.28. The van der Waals surface area contributed by atoms with E-state index in [0.717, 1.165) is 0 Å². The fourth-order valence-electron chi connectivity index (χ4n) is 1.15. The average molecular weight is 273 g/mol.